The van der Waals surface area contributed by atoms with Crippen LogP contribution in [-0.4, -0.2) is 21.4 Å². The van der Waals surface area contributed by atoms with Gasteiger partial charge in [0.25, 0.3) is 11.8 Å². The number of thiazole rings is 1. The maximum absolute atomic E-state index is 12.6. The predicted molar refractivity (Wildman–Crippen MR) is 94.4 cm³/mol. The number of aromatic nitrogens is 2. The number of aryl methyl sites for hydroxylation is 1. The number of primary amides is 1. The summed E-state index contributed by atoms with van der Waals surface area (Å²) in [7, 11) is 1.82. The zero-order valence-electron chi connectivity index (χ0n) is 13.0. The zero-order chi connectivity index (χ0) is 17.4. The van der Waals surface area contributed by atoms with Gasteiger partial charge in [-0.25, -0.2) is 4.98 Å². The lowest BCUT2D eigenvalue weighted by Gasteiger charge is -2.12. The van der Waals surface area contributed by atoms with Gasteiger partial charge in [0.1, 0.15) is 5.69 Å². The van der Waals surface area contributed by atoms with Crippen molar-refractivity contribution in [3.8, 4) is 0 Å². The molecule has 0 spiro atoms. The molecule has 1 aromatic carbocycles. The summed E-state index contributed by atoms with van der Waals surface area (Å²) >= 11 is 7.19. The Morgan fingerprint density at radius 1 is 1.38 bits per heavy atom. The number of carbonyl (C=O) groups excluding carboxylic acids is 2. The van der Waals surface area contributed by atoms with E-state index in [1.807, 2.05) is 32.2 Å². The van der Waals surface area contributed by atoms with E-state index in [9.17, 15) is 9.59 Å². The molecule has 8 heteroatoms. The van der Waals surface area contributed by atoms with Crippen molar-refractivity contribution in [2.24, 2.45) is 12.8 Å². The van der Waals surface area contributed by atoms with Crippen molar-refractivity contribution in [3.05, 3.63) is 51.1 Å². The molecule has 0 saturated carbocycles. The summed E-state index contributed by atoms with van der Waals surface area (Å²) in [5, 5.41) is 4.69. The van der Waals surface area contributed by atoms with E-state index in [0.717, 1.165) is 15.8 Å². The second-order valence-electron chi connectivity index (χ2n) is 5.42. The molecule has 124 valence electrons. The number of carbonyl (C=O) groups is 2. The largest absolute Gasteiger partial charge is 0.364 e. The number of hydrogen-bond donors (Lipinski definition) is 2. The average Bonchev–Trinajstić information content (AvgIpc) is 3.13. The Hall–Kier alpha value is -2.38. The van der Waals surface area contributed by atoms with Crippen LogP contribution in [0.5, 0.6) is 0 Å². The summed E-state index contributed by atoms with van der Waals surface area (Å²) in [6, 6.07) is 7.01. The summed E-state index contributed by atoms with van der Waals surface area (Å²) in [6.45, 7) is 1.83. The van der Waals surface area contributed by atoms with E-state index < -0.39 is 5.91 Å². The lowest BCUT2D eigenvalue weighted by molar-refractivity contribution is 0.0931. The molecule has 3 N–H and O–H groups in total. The van der Waals surface area contributed by atoms with Gasteiger partial charge in [0, 0.05) is 34.0 Å². The number of nitrogens with two attached hydrogens (primary N) is 1. The van der Waals surface area contributed by atoms with Crippen molar-refractivity contribution in [3.63, 3.8) is 0 Å². The normalized spacial score (nSPS) is 12.3. The molecule has 1 atom stereocenters. The van der Waals surface area contributed by atoms with Gasteiger partial charge >= 0.3 is 0 Å². The molecule has 1 unspecified atom stereocenters. The van der Waals surface area contributed by atoms with Crippen LogP contribution in [0.4, 0.5) is 0 Å². The number of nitrogens with one attached hydrogen (secondary N) is 1. The summed E-state index contributed by atoms with van der Waals surface area (Å²) in [6.07, 6.45) is 1.55. The van der Waals surface area contributed by atoms with Crippen LogP contribution in [0.25, 0.3) is 10.9 Å². The first kappa shape index (κ1) is 16.5. The molecule has 2 aromatic heterocycles. The number of amides is 2. The summed E-state index contributed by atoms with van der Waals surface area (Å²) in [5.41, 5.74) is 6.61. The first-order valence-corrected chi connectivity index (χ1v) is 8.37. The fourth-order valence-electron chi connectivity index (χ4n) is 2.46. The van der Waals surface area contributed by atoms with Gasteiger partial charge in [-0.15, -0.1) is 11.3 Å². The van der Waals surface area contributed by atoms with Gasteiger partial charge in [0.15, 0.2) is 5.01 Å². The van der Waals surface area contributed by atoms with E-state index in [2.05, 4.69) is 10.3 Å². The number of nitrogens with zero attached hydrogens (tertiary/aromatic N) is 2. The SMILES string of the molecule is CC(NC(=O)c1cc2ccc(Cl)cc2n1C)c1cnc(C(N)=O)s1. The van der Waals surface area contributed by atoms with Crippen LogP contribution in [0.3, 0.4) is 0 Å². The molecular weight excluding hydrogens is 348 g/mol. The van der Waals surface area contributed by atoms with Crippen LogP contribution in [0.15, 0.2) is 30.5 Å². The van der Waals surface area contributed by atoms with Crippen molar-refractivity contribution in [2.75, 3.05) is 0 Å². The van der Waals surface area contributed by atoms with Gasteiger partial charge < -0.3 is 15.6 Å². The number of benzene rings is 1. The Morgan fingerprint density at radius 3 is 2.79 bits per heavy atom. The lowest BCUT2D eigenvalue weighted by atomic mass is 10.2. The first-order valence-electron chi connectivity index (χ1n) is 7.18. The summed E-state index contributed by atoms with van der Waals surface area (Å²) < 4.78 is 1.80. The van der Waals surface area contributed by atoms with Crippen molar-refractivity contribution < 1.29 is 9.59 Å². The molecule has 24 heavy (non-hydrogen) atoms. The van der Waals surface area contributed by atoms with Crippen molar-refractivity contribution in [1.82, 2.24) is 14.9 Å². The fourth-order valence-corrected chi connectivity index (χ4v) is 3.40. The van der Waals surface area contributed by atoms with Crippen LogP contribution in [0, 0.1) is 0 Å². The standard InChI is InChI=1S/C16H15ClN4O2S/c1-8(13-7-19-16(24-13)14(18)22)20-15(23)12-5-9-3-4-10(17)6-11(9)21(12)2/h3-8H,1-2H3,(H2,18,22)(H,20,23). The number of halogens is 1. The highest BCUT2D eigenvalue weighted by molar-refractivity contribution is 7.13. The predicted octanol–water partition coefficient (Wildman–Crippen LogP) is 2.88. The van der Waals surface area contributed by atoms with Gasteiger partial charge in [0.2, 0.25) is 0 Å². The van der Waals surface area contributed by atoms with Gasteiger partial charge in [0.05, 0.1) is 6.04 Å². The summed E-state index contributed by atoms with van der Waals surface area (Å²) in [5.74, 6) is -0.790. The van der Waals surface area contributed by atoms with E-state index >= 15 is 0 Å². The van der Waals surface area contributed by atoms with E-state index in [1.54, 1.807) is 16.8 Å². The zero-order valence-corrected chi connectivity index (χ0v) is 14.6. The molecule has 0 bridgehead atoms. The van der Waals surface area contributed by atoms with Gasteiger partial charge in [-0.05, 0) is 25.1 Å². The second kappa shape index (κ2) is 6.26. The minimum Gasteiger partial charge on any atom is -0.364 e. The van der Waals surface area contributed by atoms with Gasteiger partial charge in [-0.1, -0.05) is 17.7 Å². The highest BCUT2D eigenvalue weighted by atomic mass is 35.5. The maximum Gasteiger partial charge on any atom is 0.277 e. The molecule has 0 aliphatic heterocycles. The van der Waals surface area contributed by atoms with Crippen molar-refractivity contribution in [1.29, 1.82) is 0 Å². The van der Waals surface area contributed by atoms with E-state index in [1.165, 1.54) is 11.3 Å². The van der Waals surface area contributed by atoms with Crippen LogP contribution in [-0.2, 0) is 7.05 Å². The molecule has 3 aromatic rings. The molecule has 2 amide bonds. The average molecular weight is 363 g/mol. The minimum atomic E-state index is -0.574. The second-order valence-corrected chi connectivity index (χ2v) is 6.92. The molecule has 0 aliphatic rings. The van der Waals surface area contributed by atoms with E-state index in [0.29, 0.717) is 10.7 Å². The van der Waals surface area contributed by atoms with Gasteiger partial charge in [-0.3, -0.25) is 9.59 Å². The topological polar surface area (TPSA) is 90.0 Å². The third-order valence-corrected chi connectivity index (χ3v) is 5.18. The monoisotopic (exact) mass is 362 g/mol. The Labute approximate surface area is 147 Å². The lowest BCUT2D eigenvalue weighted by Crippen LogP contribution is -2.27. The Bertz CT molecular complexity index is 947. The first-order chi connectivity index (χ1) is 11.4. The van der Waals surface area contributed by atoms with Gasteiger partial charge in [-0.2, -0.15) is 0 Å². The Balaban J connectivity index is 1.84. The smallest absolute Gasteiger partial charge is 0.277 e. The van der Waals surface area contributed by atoms with Crippen LogP contribution in [0.1, 0.15) is 38.1 Å². The molecule has 6 nitrogen and oxygen atoms in total. The highest BCUT2D eigenvalue weighted by Gasteiger charge is 2.18. The molecule has 0 fully saturated rings. The number of fused-ring (bicyclic) bond motifs is 1. The fraction of sp³-hybridized carbons (Fsp3) is 0.188. The quantitative estimate of drug-likeness (QED) is 0.747. The van der Waals surface area contributed by atoms with Crippen molar-refractivity contribution >= 4 is 45.7 Å². The van der Waals surface area contributed by atoms with Crippen LogP contribution < -0.4 is 11.1 Å². The van der Waals surface area contributed by atoms with Crippen molar-refractivity contribution in [2.45, 2.75) is 13.0 Å². The molecule has 0 aliphatic carbocycles. The summed E-state index contributed by atoms with van der Waals surface area (Å²) in [4.78, 5) is 28.4. The molecule has 3 rings (SSSR count). The highest BCUT2D eigenvalue weighted by Crippen LogP contribution is 2.24. The molecule has 0 radical (unpaired) electrons. The minimum absolute atomic E-state index is 0.216. The number of hydrogen-bond acceptors (Lipinski definition) is 4. The third kappa shape index (κ3) is 3.00. The molecule has 2 heterocycles. The molecule has 0 saturated heterocycles. The van der Waals surface area contributed by atoms with Crippen LogP contribution >= 0.6 is 22.9 Å². The Kier molecular flexibility index (Phi) is 4.29. The van der Waals surface area contributed by atoms with E-state index in [4.69, 9.17) is 17.3 Å². The van der Waals surface area contributed by atoms with E-state index in [-0.39, 0.29) is 17.0 Å². The Morgan fingerprint density at radius 2 is 2.12 bits per heavy atom. The molecular formula is C16H15ClN4O2S. The third-order valence-electron chi connectivity index (χ3n) is 3.75. The van der Waals surface area contributed by atoms with Crippen LogP contribution in [0.2, 0.25) is 5.02 Å². The maximum atomic E-state index is 12.6. The number of rotatable bonds is 4.